The number of anilines is 2. The second-order valence-corrected chi connectivity index (χ2v) is 10.3. The predicted molar refractivity (Wildman–Crippen MR) is 139 cm³/mol. The zero-order valence-corrected chi connectivity index (χ0v) is 21.6. The number of alkyl halides is 3. The Balaban J connectivity index is 1.26. The number of piperidine rings is 1. The number of nitriles is 1. The molecule has 2 aromatic heterocycles. The minimum Gasteiger partial charge on any atom is -0.406 e. The molecule has 5 rings (SSSR count). The highest BCUT2D eigenvalue weighted by atomic mass is 32.1. The van der Waals surface area contributed by atoms with Crippen molar-refractivity contribution in [1.82, 2.24) is 19.4 Å². The maximum Gasteiger partial charge on any atom is 0.573 e. The van der Waals surface area contributed by atoms with Crippen molar-refractivity contribution in [3.63, 3.8) is 0 Å². The number of nitrogens with zero attached hydrogens (tertiary/aromatic N) is 5. The zero-order chi connectivity index (χ0) is 27.7. The second kappa shape index (κ2) is 10.5. The Morgan fingerprint density at radius 3 is 2.62 bits per heavy atom. The molecule has 13 heteroatoms. The molecule has 0 atom stereocenters. The van der Waals surface area contributed by atoms with Crippen molar-refractivity contribution in [2.24, 2.45) is 13.0 Å². The summed E-state index contributed by atoms with van der Waals surface area (Å²) in [6.45, 7) is 1.08. The van der Waals surface area contributed by atoms with Crippen molar-refractivity contribution in [2.45, 2.75) is 32.0 Å². The Labute approximate surface area is 224 Å². The Hall–Kier alpha value is -4.18. The Morgan fingerprint density at radius 1 is 1.13 bits per heavy atom. The van der Waals surface area contributed by atoms with Crippen molar-refractivity contribution in [3.05, 3.63) is 42.0 Å². The number of imidazole rings is 1. The first-order chi connectivity index (χ1) is 18.6. The number of nitrogens with one attached hydrogen (secondary N) is 1. The normalized spacial score (nSPS) is 14.5. The number of carbonyl (C=O) groups is 2. The Morgan fingerprint density at radius 2 is 1.90 bits per heavy atom. The molecule has 0 bridgehead atoms. The summed E-state index contributed by atoms with van der Waals surface area (Å²) in [5, 5.41) is 12.5. The van der Waals surface area contributed by atoms with E-state index < -0.39 is 6.36 Å². The lowest BCUT2D eigenvalue weighted by molar-refractivity contribution is -0.274. The van der Waals surface area contributed by atoms with Gasteiger partial charge in [0.15, 0.2) is 10.9 Å². The molecule has 0 aliphatic carbocycles. The largest absolute Gasteiger partial charge is 0.573 e. The molecule has 0 saturated carbocycles. The van der Waals surface area contributed by atoms with E-state index in [1.165, 1.54) is 18.2 Å². The van der Waals surface area contributed by atoms with Gasteiger partial charge in [0.2, 0.25) is 11.9 Å². The number of aromatic nitrogens is 3. The SMILES string of the molecule is Cn1c(Nc2nc3ccc(OC(F)(F)F)cc3s2)nc2cc(C(=O)CCC(=O)N3CCC(C#N)CC3)ccc21. The molecule has 1 fully saturated rings. The van der Waals surface area contributed by atoms with Crippen LogP contribution in [0.2, 0.25) is 0 Å². The number of thiazole rings is 1. The predicted octanol–water partition coefficient (Wildman–Crippen LogP) is 5.55. The van der Waals surface area contributed by atoms with Crippen LogP contribution in [0.3, 0.4) is 0 Å². The number of hydrogen-bond donors (Lipinski definition) is 1. The maximum absolute atomic E-state index is 12.8. The summed E-state index contributed by atoms with van der Waals surface area (Å²) < 4.78 is 43.9. The van der Waals surface area contributed by atoms with E-state index in [0.717, 1.165) is 16.9 Å². The van der Waals surface area contributed by atoms with E-state index >= 15 is 0 Å². The number of ketones is 1. The van der Waals surface area contributed by atoms with Crippen LogP contribution in [0.15, 0.2) is 36.4 Å². The number of halogens is 3. The van der Waals surface area contributed by atoms with Gasteiger partial charge in [-0.05, 0) is 43.2 Å². The lowest BCUT2D eigenvalue weighted by Gasteiger charge is -2.29. The molecule has 0 radical (unpaired) electrons. The molecule has 0 spiro atoms. The number of aryl methyl sites for hydroxylation is 1. The minimum atomic E-state index is -4.78. The van der Waals surface area contributed by atoms with Crippen molar-refractivity contribution in [1.29, 1.82) is 5.26 Å². The van der Waals surface area contributed by atoms with Crippen LogP contribution in [0.5, 0.6) is 5.75 Å². The van der Waals surface area contributed by atoms with Crippen LogP contribution in [0.4, 0.5) is 24.3 Å². The van der Waals surface area contributed by atoms with E-state index in [2.05, 4.69) is 26.1 Å². The van der Waals surface area contributed by atoms with E-state index in [1.54, 1.807) is 34.7 Å². The molecule has 0 unspecified atom stereocenters. The van der Waals surface area contributed by atoms with Gasteiger partial charge in [-0.25, -0.2) is 9.97 Å². The first-order valence-electron chi connectivity index (χ1n) is 12.2. The van der Waals surface area contributed by atoms with Crippen molar-refractivity contribution < 1.29 is 27.5 Å². The highest BCUT2D eigenvalue weighted by Gasteiger charge is 2.31. The highest BCUT2D eigenvalue weighted by molar-refractivity contribution is 7.22. The fraction of sp³-hybridized carbons (Fsp3) is 0.346. The molecule has 1 amide bonds. The number of hydrogen-bond acceptors (Lipinski definition) is 8. The second-order valence-electron chi connectivity index (χ2n) is 9.23. The van der Waals surface area contributed by atoms with Crippen LogP contribution in [-0.2, 0) is 11.8 Å². The van der Waals surface area contributed by atoms with Gasteiger partial charge in [0.05, 0.1) is 27.3 Å². The quantitative estimate of drug-likeness (QED) is 0.297. The average Bonchev–Trinajstić information content (AvgIpc) is 3.45. The van der Waals surface area contributed by atoms with E-state index in [-0.39, 0.29) is 36.2 Å². The minimum absolute atomic E-state index is 0.0134. The van der Waals surface area contributed by atoms with E-state index in [4.69, 9.17) is 5.26 Å². The smallest absolute Gasteiger partial charge is 0.406 e. The lowest BCUT2D eigenvalue weighted by Crippen LogP contribution is -2.38. The molecule has 202 valence electrons. The van der Waals surface area contributed by atoms with Gasteiger partial charge in [-0.3, -0.25) is 9.59 Å². The number of amides is 1. The van der Waals surface area contributed by atoms with E-state index in [1.807, 2.05) is 0 Å². The summed E-state index contributed by atoms with van der Waals surface area (Å²) in [5.41, 5.74) is 2.28. The van der Waals surface area contributed by atoms with Gasteiger partial charge in [0.25, 0.3) is 0 Å². The van der Waals surface area contributed by atoms with Gasteiger partial charge < -0.3 is 19.5 Å². The third-order valence-corrected chi connectivity index (χ3v) is 7.54. The number of carbonyl (C=O) groups excluding carboxylic acids is 2. The van der Waals surface area contributed by atoms with Crippen LogP contribution < -0.4 is 10.1 Å². The van der Waals surface area contributed by atoms with E-state index in [0.29, 0.717) is 58.3 Å². The van der Waals surface area contributed by atoms with E-state index in [9.17, 15) is 22.8 Å². The number of Topliss-reactive ketones (excluding diaryl/α,β-unsaturated/α-hetero) is 1. The highest BCUT2D eigenvalue weighted by Crippen LogP contribution is 2.33. The van der Waals surface area contributed by atoms with Crippen LogP contribution in [0.1, 0.15) is 36.0 Å². The van der Waals surface area contributed by atoms with Gasteiger partial charge in [-0.15, -0.1) is 13.2 Å². The summed E-state index contributed by atoms with van der Waals surface area (Å²) in [7, 11) is 1.79. The number of likely N-dealkylation sites (tertiary alicyclic amines) is 1. The molecule has 3 heterocycles. The summed E-state index contributed by atoms with van der Waals surface area (Å²) in [6, 6.07) is 11.3. The zero-order valence-electron chi connectivity index (χ0n) is 20.8. The Bertz CT molecular complexity index is 1600. The molecular weight excluding hydrogens is 533 g/mol. The summed E-state index contributed by atoms with van der Waals surface area (Å²) in [4.78, 5) is 36.0. The molecule has 1 aliphatic heterocycles. The van der Waals surface area contributed by atoms with Crippen LogP contribution in [-0.4, -0.2) is 50.6 Å². The molecule has 2 aromatic carbocycles. The van der Waals surface area contributed by atoms with Crippen molar-refractivity contribution in [3.8, 4) is 11.8 Å². The average molecular weight is 557 g/mol. The number of rotatable bonds is 7. The van der Waals surface area contributed by atoms with Gasteiger partial charge in [0.1, 0.15) is 5.75 Å². The van der Waals surface area contributed by atoms with Gasteiger partial charge in [-0.2, -0.15) is 5.26 Å². The molecule has 9 nitrogen and oxygen atoms in total. The number of ether oxygens (including phenoxy) is 1. The summed E-state index contributed by atoms with van der Waals surface area (Å²) in [6.07, 6.45) is -3.28. The lowest BCUT2D eigenvalue weighted by atomic mass is 9.98. The van der Waals surface area contributed by atoms with Gasteiger partial charge >= 0.3 is 6.36 Å². The van der Waals surface area contributed by atoms with Crippen LogP contribution >= 0.6 is 11.3 Å². The maximum atomic E-state index is 12.8. The summed E-state index contributed by atoms with van der Waals surface area (Å²) in [5.74, 6) is -0.147. The van der Waals surface area contributed by atoms with Crippen molar-refractivity contribution in [2.75, 3.05) is 18.4 Å². The fourth-order valence-corrected chi connectivity index (χ4v) is 5.41. The molecule has 4 aromatic rings. The fourth-order valence-electron chi connectivity index (χ4n) is 4.52. The van der Waals surface area contributed by atoms with Gasteiger partial charge in [-0.1, -0.05) is 11.3 Å². The summed E-state index contributed by atoms with van der Waals surface area (Å²) >= 11 is 1.15. The third-order valence-electron chi connectivity index (χ3n) is 6.61. The van der Waals surface area contributed by atoms with Crippen LogP contribution in [0, 0.1) is 17.2 Å². The number of fused-ring (bicyclic) bond motifs is 2. The number of benzene rings is 2. The van der Waals surface area contributed by atoms with Gasteiger partial charge in [0, 0.05) is 50.5 Å². The first kappa shape index (κ1) is 26.4. The first-order valence-corrected chi connectivity index (χ1v) is 13.0. The van der Waals surface area contributed by atoms with Crippen molar-refractivity contribution >= 4 is 55.4 Å². The third kappa shape index (κ3) is 5.96. The van der Waals surface area contributed by atoms with Crippen LogP contribution in [0.25, 0.3) is 21.3 Å². The molecule has 1 N–H and O–H groups in total. The Kier molecular flexibility index (Phi) is 7.14. The topological polar surface area (TPSA) is 113 Å². The molecular formula is C26H23F3N6O3S. The standard InChI is InChI=1S/C26H23F3N6O3S/c1-34-20-5-2-16(21(36)6-7-23(37)35-10-8-15(14-30)9-11-35)12-19(20)31-24(34)33-25-32-18-4-3-17(13-22(18)39-25)38-26(27,28)29/h2-5,12-13,15H,6-11H2,1H3,(H,31,32,33). The monoisotopic (exact) mass is 556 g/mol. The molecule has 1 saturated heterocycles. The molecule has 39 heavy (non-hydrogen) atoms. The molecule has 1 aliphatic rings.